The van der Waals surface area contributed by atoms with Crippen LogP contribution >= 0.6 is 0 Å². The SMILES string of the molecule is CC(=O)N1C[C@@H](C)C[C@H]1C(=O)O. The third kappa shape index (κ3) is 1.57. The number of hydrogen-bond acceptors (Lipinski definition) is 2. The lowest BCUT2D eigenvalue weighted by molar-refractivity contribution is -0.147. The average Bonchev–Trinajstić information content (AvgIpc) is 2.31. The van der Waals surface area contributed by atoms with Crippen LogP contribution in [0.2, 0.25) is 0 Å². The van der Waals surface area contributed by atoms with Crippen molar-refractivity contribution >= 4 is 11.9 Å². The molecule has 1 fully saturated rings. The van der Waals surface area contributed by atoms with E-state index in [2.05, 4.69) is 0 Å². The van der Waals surface area contributed by atoms with Crippen molar-refractivity contribution in [2.75, 3.05) is 6.54 Å². The molecule has 0 aliphatic carbocycles. The first-order chi connectivity index (χ1) is 5.52. The van der Waals surface area contributed by atoms with Crippen molar-refractivity contribution in [1.82, 2.24) is 4.90 Å². The summed E-state index contributed by atoms with van der Waals surface area (Å²) in [6, 6.07) is -0.600. The molecule has 1 saturated heterocycles. The van der Waals surface area contributed by atoms with Gasteiger partial charge in [0.05, 0.1) is 0 Å². The Kier molecular flexibility index (Phi) is 2.35. The van der Waals surface area contributed by atoms with Gasteiger partial charge in [-0.3, -0.25) is 4.79 Å². The maximum Gasteiger partial charge on any atom is 0.326 e. The Bertz CT molecular complexity index is 192. The van der Waals surface area contributed by atoms with Crippen molar-refractivity contribution in [1.29, 1.82) is 0 Å². The van der Waals surface area contributed by atoms with E-state index < -0.39 is 12.0 Å². The van der Waals surface area contributed by atoms with Crippen molar-refractivity contribution in [3.8, 4) is 0 Å². The molecule has 12 heavy (non-hydrogen) atoms. The minimum atomic E-state index is -0.894. The van der Waals surface area contributed by atoms with Crippen molar-refractivity contribution < 1.29 is 14.7 Å². The Hall–Kier alpha value is -1.06. The number of nitrogens with zero attached hydrogens (tertiary/aromatic N) is 1. The zero-order chi connectivity index (χ0) is 9.30. The Morgan fingerprint density at radius 2 is 2.08 bits per heavy atom. The highest BCUT2D eigenvalue weighted by atomic mass is 16.4. The lowest BCUT2D eigenvalue weighted by Crippen LogP contribution is -2.39. The van der Waals surface area contributed by atoms with Crippen molar-refractivity contribution in [3.05, 3.63) is 0 Å². The van der Waals surface area contributed by atoms with E-state index in [1.807, 2.05) is 6.92 Å². The van der Waals surface area contributed by atoms with Gasteiger partial charge in [-0.1, -0.05) is 6.92 Å². The summed E-state index contributed by atoms with van der Waals surface area (Å²) in [7, 11) is 0. The lowest BCUT2D eigenvalue weighted by Gasteiger charge is -2.18. The highest BCUT2D eigenvalue weighted by molar-refractivity contribution is 5.82. The van der Waals surface area contributed by atoms with E-state index in [1.54, 1.807) is 0 Å². The van der Waals surface area contributed by atoms with Crippen molar-refractivity contribution in [3.63, 3.8) is 0 Å². The smallest absolute Gasteiger partial charge is 0.326 e. The summed E-state index contributed by atoms with van der Waals surface area (Å²) in [5.41, 5.74) is 0. The zero-order valence-corrected chi connectivity index (χ0v) is 7.28. The quantitative estimate of drug-likeness (QED) is 0.618. The first-order valence-corrected chi connectivity index (χ1v) is 4.02. The first-order valence-electron chi connectivity index (χ1n) is 4.02. The third-order valence-corrected chi connectivity index (χ3v) is 2.20. The van der Waals surface area contributed by atoms with Crippen LogP contribution in [-0.2, 0) is 9.59 Å². The van der Waals surface area contributed by atoms with E-state index in [9.17, 15) is 9.59 Å². The molecule has 0 spiro atoms. The minimum Gasteiger partial charge on any atom is -0.480 e. The highest BCUT2D eigenvalue weighted by Gasteiger charge is 2.35. The summed E-state index contributed by atoms with van der Waals surface area (Å²) in [5.74, 6) is -0.740. The summed E-state index contributed by atoms with van der Waals surface area (Å²) < 4.78 is 0. The van der Waals surface area contributed by atoms with Crippen LogP contribution in [0.25, 0.3) is 0 Å². The fraction of sp³-hybridized carbons (Fsp3) is 0.750. The van der Waals surface area contributed by atoms with E-state index in [4.69, 9.17) is 5.11 Å². The minimum absolute atomic E-state index is 0.147. The second-order valence-corrected chi connectivity index (χ2v) is 3.37. The van der Waals surface area contributed by atoms with Gasteiger partial charge >= 0.3 is 5.97 Å². The molecule has 0 aromatic heterocycles. The van der Waals surface area contributed by atoms with Crippen LogP contribution in [0.15, 0.2) is 0 Å². The van der Waals surface area contributed by atoms with Gasteiger partial charge in [0.2, 0.25) is 5.91 Å². The third-order valence-electron chi connectivity index (χ3n) is 2.20. The molecule has 4 nitrogen and oxygen atoms in total. The number of carboxylic acids is 1. The standard InChI is InChI=1S/C8H13NO3/c1-5-3-7(8(11)12)9(4-5)6(2)10/h5,7H,3-4H2,1-2H3,(H,11,12)/t5-,7-/m0/s1. The molecule has 0 unspecified atom stereocenters. The van der Waals surface area contributed by atoms with Crippen LogP contribution in [0.5, 0.6) is 0 Å². The van der Waals surface area contributed by atoms with E-state index in [-0.39, 0.29) is 5.91 Å². The molecule has 1 amide bonds. The number of aliphatic carboxylic acids is 1. The van der Waals surface area contributed by atoms with Gasteiger partial charge in [0.25, 0.3) is 0 Å². The summed E-state index contributed by atoms with van der Waals surface area (Å²) >= 11 is 0. The van der Waals surface area contributed by atoms with Gasteiger partial charge in [0.1, 0.15) is 6.04 Å². The Balaban J connectivity index is 2.72. The molecular weight excluding hydrogens is 158 g/mol. The van der Waals surface area contributed by atoms with Crippen LogP contribution in [0.1, 0.15) is 20.3 Å². The molecule has 1 aliphatic rings. The van der Waals surface area contributed by atoms with Crippen molar-refractivity contribution in [2.45, 2.75) is 26.3 Å². The van der Waals surface area contributed by atoms with Crippen LogP contribution in [0, 0.1) is 5.92 Å². The normalized spacial score (nSPS) is 29.0. The molecule has 0 saturated carbocycles. The number of hydrogen-bond donors (Lipinski definition) is 1. The molecule has 1 rings (SSSR count). The monoisotopic (exact) mass is 171 g/mol. The molecular formula is C8H13NO3. The summed E-state index contributed by atoms with van der Waals surface area (Å²) in [6.45, 7) is 3.94. The molecule has 2 atom stereocenters. The number of carbonyl (C=O) groups excluding carboxylic acids is 1. The molecule has 0 aromatic carbocycles. The van der Waals surface area contributed by atoms with E-state index >= 15 is 0 Å². The van der Waals surface area contributed by atoms with E-state index in [0.29, 0.717) is 18.9 Å². The number of rotatable bonds is 1. The molecule has 1 N–H and O–H groups in total. The van der Waals surface area contributed by atoms with Gasteiger partial charge in [-0.25, -0.2) is 4.79 Å². The van der Waals surface area contributed by atoms with Crippen LogP contribution in [-0.4, -0.2) is 34.5 Å². The molecule has 1 heterocycles. The summed E-state index contributed by atoms with van der Waals surface area (Å²) in [5, 5.41) is 8.76. The molecule has 68 valence electrons. The fourth-order valence-corrected chi connectivity index (χ4v) is 1.63. The van der Waals surface area contributed by atoms with Gasteiger partial charge in [-0.2, -0.15) is 0 Å². The van der Waals surface area contributed by atoms with Crippen LogP contribution in [0.4, 0.5) is 0 Å². The molecule has 1 aliphatic heterocycles. The predicted molar refractivity (Wildman–Crippen MR) is 42.6 cm³/mol. The van der Waals surface area contributed by atoms with E-state index in [1.165, 1.54) is 11.8 Å². The number of amides is 1. The predicted octanol–water partition coefficient (Wildman–Crippen LogP) is 0.328. The average molecular weight is 171 g/mol. The summed E-state index contributed by atoms with van der Waals surface area (Å²) in [4.78, 5) is 23.1. The Morgan fingerprint density at radius 1 is 1.50 bits per heavy atom. The molecule has 4 heteroatoms. The van der Waals surface area contributed by atoms with Crippen molar-refractivity contribution in [2.24, 2.45) is 5.92 Å². The highest BCUT2D eigenvalue weighted by Crippen LogP contribution is 2.22. The first kappa shape index (κ1) is 9.03. The fourth-order valence-electron chi connectivity index (χ4n) is 1.63. The topological polar surface area (TPSA) is 57.6 Å². The maximum atomic E-state index is 11.0. The van der Waals surface area contributed by atoms with Crippen LogP contribution in [0.3, 0.4) is 0 Å². The lowest BCUT2D eigenvalue weighted by atomic mass is 10.1. The Morgan fingerprint density at radius 3 is 2.42 bits per heavy atom. The molecule has 0 radical (unpaired) electrons. The van der Waals surface area contributed by atoms with Gasteiger partial charge in [0.15, 0.2) is 0 Å². The van der Waals surface area contributed by atoms with Gasteiger partial charge in [-0.05, 0) is 12.3 Å². The van der Waals surface area contributed by atoms with E-state index in [0.717, 1.165) is 0 Å². The van der Waals surface area contributed by atoms with Crippen LogP contribution < -0.4 is 0 Å². The zero-order valence-electron chi connectivity index (χ0n) is 7.28. The number of carbonyl (C=O) groups is 2. The second-order valence-electron chi connectivity index (χ2n) is 3.37. The molecule has 0 aromatic rings. The second kappa shape index (κ2) is 3.13. The summed E-state index contributed by atoms with van der Waals surface area (Å²) in [6.07, 6.45) is 0.578. The van der Waals surface area contributed by atoms with Gasteiger partial charge < -0.3 is 10.0 Å². The Labute approximate surface area is 71.2 Å². The number of likely N-dealkylation sites (tertiary alicyclic amines) is 1. The molecule has 0 bridgehead atoms. The number of carboxylic acid groups (broad SMARTS) is 1. The largest absolute Gasteiger partial charge is 0.480 e. The maximum absolute atomic E-state index is 11.0. The van der Waals surface area contributed by atoms with Gasteiger partial charge in [0, 0.05) is 13.5 Å². The van der Waals surface area contributed by atoms with Gasteiger partial charge in [-0.15, -0.1) is 0 Å².